The molecule has 2 aromatic carbocycles. The Kier molecular flexibility index (Phi) is 6.12. The minimum atomic E-state index is 0.760. The molecule has 0 bridgehead atoms. The molecule has 0 aliphatic heterocycles. The molecule has 0 saturated carbocycles. The first-order valence-electron chi connectivity index (χ1n) is 9.15. The van der Waals surface area contributed by atoms with E-state index in [1.165, 1.54) is 5.52 Å². The van der Waals surface area contributed by atoms with E-state index in [2.05, 4.69) is 48.2 Å². The summed E-state index contributed by atoms with van der Waals surface area (Å²) in [6.07, 6.45) is 2.06. The number of para-hydroxylation sites is 2. The van der Waals surface area contributed by atoms with Gasteiger partial charge in [-0.1, -0.05) is 49.4 Å². The molecule has 0 radical (unpaired) electrons. The molecule has 3 aromatic rings. The summed E-state index contributed by atoms with van der Waals surface area (Å²) in [6, 6.07) is 16.2. The van der Waals surface area contributed by atoms with E-state index < -0.39 is 0 Å². The number of halogens is 1. The van der Waals surface area contributed by atoms with E-state index in [0.717, 1.165) is 60.0 Å². The zero-order chi connectivity index (χ0) is 18.5. The number of rotatable bonds is 8. The predicted molar refractivity (Wildman–Crippen MR) is 111 cm³/mol. The topological polar surface area (TPSA) is 21.1 Å². The molecule has 4 heteroatoms. The third-order valence-corrected chi connectivity index (χ3v) is 5.02. The zero-order valence-corrected chi connectivity index (χ0v) is 16.3. The number of hydrogen-bond acceptors (Lipinski definition) is 2. The molecule has 0 fully saturated rings. The second kappa shape index (κ2) is 8.52. The Morgan fingerprint density at radius 3 is 2.54 bits per heavy atom. The Morgan fingerprint density at radius 1 is 1.12 bits per heavy atom. The van der Waals surface area contributed by atoms with Gasteiger partial charge in [0.05, 0.1) is 17.6 Å². The predicted octanol–water partition coefficient (Wildman–Crippen LogP) is 5.54. The molecule has 3 rings (SSSR count). The Morgan fingerprint density at radius 2 is 1.85 bits per heavy atom. The van der Waals surface area contributed by atoms with Crippen molar-refractivity contribution in [2.45, 2.75) is 26.3 Å². The lowest BCUT2D eigenvalue weighted by molar-refractivity contribution is 0.263. The van der Waals surface area contributed by atoms with Gasteiger partial charge in [-0.15, -0.1) is 0 Å². The van der Waals surface area contributed by atoms with Crippen LogP contribution in [-0.4, -0.2) is 27.5 Å². The van der Waals surface area contributed by atoms with E-state index in [1.54, 1.807) is 0 Å². The van der Waals surface area contributed by atoms with Gasteiger partial charge in [-0.2, -0.15) is 0 Å². The lowest BCUT2D eigenvalue weighted by Crippen LogP contribution is -2.27. The van der Waals surface area contributed by atoms with Gasteiger partial charge in [-0.3, -0.25) is 4.90 Å². The maximum absolute atomic E-state index is 5.98. The van der Waals surface area contributed by atoms with Crippen LogP contribution < -0.4 is 0 Å². The van der Waals surface area contributed by atoms with E-state index in [-0.39, 0.29) is 0 Å². The second-order valence-electron chi connectivity index (χ2n) is 6.71. The summed E-state index contributed by atoms with van der Waals surface area (Å²) in [5, 5.41) is 0.760. The van der Waals surface area contributed by atoms with Crippen molar-refractivity contribution >= 4 is 28.2 Å². The number of aryl methyl sites for hydroxylation is 1. The standard InChI is InChI=1S/C22H26ClN3/c1-4-14-26(15-13-17(2)18-9-11-19(23)12-10-18)16-22-24-20-7-5-6-8-21(20)25(22)3/h5-12H,2,4,13-16H2,1,3H3. The summed E-state index contributed by atoms with van der Waals surface area (Å²) < 4.78 is 2.20. The fourth-order valence-electron chi connectivity index (χ4n) is 3.25. The van der Waals surface area contributed by atoms with Crippen molar-refractivity contribution < 1.29 is 0 Å². The van der Waals surface area contributed by atoms with Gasteiger partial charge in [0.15, 0.2) is 0 Å². The van der Waals surface area contributed by atoms with E-state index in [4.69, 9.17) is 16.6 Å². The molecule has 0 amide bonds. The molecule has 0 aliphatic rings. The summed E-state index contributed by atoms with van der Waals surface area (Å²) in [5.41, 5.74) is 4.55. The van der Waals surface area contributed by atoms with Crippen molar-refractivity contribution in [2.24, 2.45) is 7.05 Å². The summed E-state index contributed by atoms with van der Waals surface area (Å²) in [6.45, 7) is 9.35. The van der Waals surface area contributed by atoms with Crippen LogP contribution in [0.15, 0.2) is 55.1 Å². The molecular formula is C22H26ClN3. The maximum Gasteiger partial charge on any atom is 0.123 e. The minimum absolute atomic E-state index is 0.760. The Balaban J connectivity index is 1.67. The summed E-state index contributed by atoms with van der Waals surface area (Å²) >= 11 is 5.98. The first kappa shape index (κ1) is 18.7. The SMILES string of the molecule is C=C(CCN(CCC)Cc1nc2ccccc2n1C)c1ccc(Cl)cc1. The van der Waals surface area contributed by atoms with Gasteiger partial charge in [-0.05, 0) is 54.8 Å². The summed E-state index contributed by atoms with van der Waals surface area (Å²) in [5.74, 6) is 1.11. The average molecular weight is 368 g/mol. The highest BCUT2D eigenvalue weighted by Crippen LogP contribution is 2.20. The van der Waals surface area contributed by atoms with Crippen molar-refractivity contribution in [3.63, 3.8) is 0 Å². The van der Waals surface area contributed by atoms with Crippen LogP contribution in [-0.2, 0) is 13.6 Å². The fraction of sp³-hybridized carbons (Fsp3) is 0.318. The van der Waals surface area contributed by atoms with Crippen LogP contribution in [0.2, 0.25) is 5.02 Å². The summed E-state index contributed by atoms with van der Waals surface area (Å²) in [4.78, 5) is 7.27. The molecule has 0 atom stereocenters. The van der Waals surface area contributed by atoms with E-state index >= 15 is 0 Å². The van der Waals surface area contributed by atoms with Crippen LogP contribution in [0.3, 0.4) is 0 Å². The lowest BCUT2D eigenvalue weighted by Gasteiger charge is -2.22. The third kappa shape index (κ3) is 4.35. The highest BCUT2D eigenvalue weighted by molar-refractivity contribution is 6.30. The van der Waals surface area contributed by atoms with Gasteiger partial charge in [0, 0.05) is 18.6 Å². The van der Waals surface area contributed by atoms with Gasteiger partial charge in [0.1, 0.15) is 5.82 Å². The number of hydrogen-bond donors (Lipinski definition) is 0. The van der Waals surface area contributed by atoms with Crippen molar-refractivity contribution in [3.8, 4) is 0 Å². The van der Waals surface area contributed by atoms with Crippen LogP contribution in [0.25, 0.3) is 16.6 Å². The van der Waals surface area contributed by atoms with Crippen LogP contribution in [0.5, 0.6) is 0 Å². The van der Waals surface area contributed by atoms with Crippen LogP contribution in [0.4, 0.5) is 0 Å². The molecule has 0 saturated heterocycles. The minimum Gasteiger partial charge on any atom is -0.330 e. The van der Waals surface area contributed by atoms with E-state index in [1.807, 2.05) is 30.3 Å². The molecule has 0 unspecified atom stereocenters. The number of benzene rings is 2. The van der Waals surface area contributed by atoms with Crippen molar-refractivity contribution in [3.05, 3.63) is 71.5 Å². The monoisotopic (exact) mass is 367 g/mol. The van der Waals surface area contributed by atoms with Crippen molar-refractivity contribution in [1.82, 2.24) is 14.5 Å². The van der Waals surface area contributed by atoms with Crippen molar-refractivity contribution in [1.29, 1.82) is 0 Å². The smallest absolute Gasteiger partial charge is 0.123 e. The molecule has 1 heterocycles. The van der Waals surface area contributed by atoms with Gasteiger partial charge in [0.2, 0.25) is 0 Å². The van der Waals surface area contributed by atoms with Gasteiger partial charge < -0.3 is 4.57 Å². The third-order valence-electron chi connectivity index (χ3n) is 4.77. The highest BCUT2D eigenvalue weighted by Gasteiger charge is 2.12. The quantitative estimate of drug-likeness (QED) is 0.521. The number of imidazole rings is 1. The van der Waals surface area contributed by atoms with Crippen LogP contribution in [0, 0.1) is 0 Å². The van der Waals surface area contributed by atoms with Gasteiger partial charge in [-0.25, -0.2) is 4.98 Å². The molecule has 26 heavy (non-hydrogen) atoms. The zero-order valence-electron chi connectivity index (χ0n) is 15.6. The van der Waals surface area contributed by atoms with Crippen LogP contribution >= 0.6 is 11.6 Å². The normalized spacial score (nSPS) is 11.4. The molecule has 0 aliphatic carbocycles. The summed E-state index contributed by atoms with van der Waals surface area (Å²) in [7, 11) is 2.10. The molecule has 3 nitrogen and oxygen atoms in total. The molecule has 1 aromatic heterocycles. The number of fused-ring (bicyclic) bond motifs is 1. The van der Waals surface area contributed by atoms with Crippen LogP contribution in [0.1, 0.15) is 31.2 Å². The fourth-order valence-corrected chi connectivity index (χ4v) is 3.37. The highest BCUT2D eigenvalue weighted by atomic mass is 35.5. The van der Waals surface area contributed by atoms with Gasteiger partial charge in [0.25, 0.3) is 0 Å². The lowest BCUT2D eigenvalue weighted by atomic mass is 10.0. The Bertz CT molecular complexity index is 880. The Hall–Kier alpha value is -2.10. The largest absolute Gasteiger partial charge is 0.330 e. The first-order chi connectivity index (χ1) is 12.6. The maximum atomic E-state index is 5.98. The van der Waals surface area contributed by atoms with Crippen molar-refractivity contribution in [2.75, 3.05) is 13.1 Å². The number of aromatic nitrogens is 2. The van der Waals surface area contributed by atoms with E-state index in [0.29, 0.717) is 0 Å². The molecule has 0 N–H and O–H groups in total. The molecule has 0 spiro atoms. The average Bonchev–Trinajstić information content (AvgIpc) is 2.96. The second-order valence-corrected chi connectivity index (χ2v) is 7.15. The first-order valence-corrected chi connectivity index (χ1v) is 9.52. The molecular weight excluding hydrogens is 342 g/mol. The molecule has 136 valence electrons. The van der Waals surface area contributed by atoms with Gasteiger partial charge >= 0.3 is 0 Å². The number of nitrogens with zero attached hydrogens (tertiary/aromatic N) is 3. The van der Waals surface area contributed by atoms with E-state index in [9.17, 15) is 0 Å². The Labute approximate surface area is 160 Å².